The fourth-order valence-corrected chi connectivity index (χ4v) is 2.09. The second kappa shape index (κ2) is 6.87. The van der Waals surface area contributed by atoms with Crippen molar-refractivity contribution in [3.63, 3.8) is 0 Å². The van der Waals surface area contributed by atoms with Gasteiger partial charge < -0.3 is 10.4 Å². The lowest BCUT2D eigenvalue weighted by Gasteiger charge is -2.09. The highest BCUT2D eigenvalue weighted by molar-refractivity contribution is 5.91. The van der Waals surface area contributed by atoms with Crippen LogP contribution in [-0.4, -0.2) is 27.6 Å². The van der Waals surface area contributed by atoms with Crippen LogP contribution in [0, 0.1) is 0 Å². The van der Waals surface area contributed by atoms with Crippen LogP contribution in [0.5, 0.6) is 0 Å². The normalized spacial score (nSPS) is 10.0. The summed E-state index contributed by atoms with van der Waals surface area (Å²) in [5.41, 5.74) is 1.67. The third kappa shape index (κ3) is 3.32. The molecule has 0 amide bonds. The summed E-state index contributed by atoms with van der Waals surface area (Å²) >= 11 is 0. The second-order valence-corrected chi connectivity index (χ2v) is 4.53. The van der Waals surface area contributed by atoms with E-state index in [1.807, 2.05) is 54.6 Å². The number of carboxylic acid groups (broad SMARTS) is 1. The number of anilines is 1. The van der Waals surface area contributed by atoms with Gasteiger partial charge in [-0.3, -0.25) is 4.79 Å². The Kier molecular flexibility index (Phi) is 4.91. The van der Waals surface area contributed by atoms with Gasteiger partial charge in [-0.2, -0.15) is 0 Å². The molecular formula is C16H16ClN3O2. The van der Waals surface area contributed by atoms with Crippen LogP contribution >= 0.6 is 12.4 Å². The Bertz CT molecular complexity index is 800. The van der Waals surface area contributed by atoms with Crippen LogP contribution in [0.2, 0.25) is 0 Å². The topological polar surface area (TPSA) is 75.1 Å². The molecule has 0 bridgehead atoms. The third-order valence-corrected chi connectivity index (χ3v) is 3.04. The van der Waals surface area contributed by atoms with Crippen molar-refractivity contribution in [1.29, 1.82) is 0 Å². The molecule has 3 aromatic rings. The fraction of sp³-hybridized carbons (Fsp3) is 0.0625. The molecule has 0 unspecified atom stereocenters. The summed E-state index contributed by atoms with van der Waals surface area (Å²) in [5, 5.41) is 12.5. The van der Waals surface area contributed by atoms with Gasteiger partial charge >= 0.3 is 5.97 Å². The predicted molar refractivity (Wildman–Crippen MR) is 90.5 cm³/mol. The van der Waals surface area contributed by atoms with E-state index in [-0.39, 0.29) is 20.4 Å². The quantitative estimate of drug-likeness (QED) is 0.770. The summed E-state index contributed by atoms with van der Waals surface area (Å²) in [4.78, 5) is 19.7. The number of nitrogens with one attached hydrogen (secondary N) is 1. The molecule has 22 heavy (non-hydrogen) atoms. The number of para-hydroxylation sites is 1. The van der Waals surface area contributed by atoms with Crippen LogP contribution in [0.25, 0.3) is 22.3 Å². The van der Waals surface area contributed by atoms with Gasteiger partial charge in [0.1, 0.15) is 12.4 Å². The van der Waals surface area contributed by atoms with Crippen LogP contribution in [0.4, 0.5) is 5.82 Å². The van der Waals surface area contributed by atoms with Gasteiger partial charge in [0, 0.05) is 12.4 Å². The first kappa shape index (κ1) is 15.7. The van der Waals surface area contributed by atoms with Crippen LogP contribution in [0.3, 0.4) is 0 Å². The van der Waals surface area contributed by atoms with Crippen molar-refractivity contribution >= 4 is 35.1 Å². The standard InChI is InChI=1S/C16H13N3O2.ClH.H2/c20-14(21)10-17-16-12-8-4-5-9-13(12)18-15(19-16)11-6-2-1-3-7-11;;/h1-9H,10H2,(H,20,21)(H,17,18,19);2*1H. The van der Waals surface area contributed by atoms with Gasteiger partial charge in [0.05, 0.1) is 5.52 Å². The minimum absolute atomic E-state index is 0. The summed E-state index contributed by atoms with van der Waals surface area (Å²) < 4.78 is 0. The van der Waals surface area contributed by atoms with Crippen LogP contribution in [0.15, 0.2) is 54.6 Å². The van der Waals surface area contributed by atoms with E-state index >= 15 is 0 Å². The maximum atomic E-state index is 10.8. The lowest BCUT2D eigenvalue weighted by molar-refractivity contribution is -0.134. The number of rotatable bonds is 4. The highest BCUT2D eigenvalue weighted by Crippen LogP contribution is 2.24. The maximum absolute atomic E-state index is 10.8. The maximum Gasteiger partial charge on any atom is 0.322 e. The average molecular weight is 318 g/mol. The van der Waals surface area contributed by atoms with Gasteiger partial charge in [0.2, 0.25) is 0 Å². The van der Waals surface area contributed by atoms with Crippen LogP contribution in [-0.2, 0) is 4.79 Å². The first-order valence-electron chi connectivity index (χ1n) is 6.52. The third-order valence-electron chi connectivity index (χ3n) is 3.04. The van der Waals surface area contributed by atoms with E-state index in [0.717, 1.165) is 16.5 Å². The Morgan fingerprint density at radius 2 is 1.73 bits per heavy atom. The highest BCUT2D eigenvalue weighted by atomic mass is 35.5. The average Bonchev–Trinajstić information content (AvgIpc) is 2.53. The molecule has 0 aliphatic carbocycles. The molecule has 114 valence electrons. The molecule has 1 aromatic heterocycles. The predicted octanol–water partition coefficient (Wildman–Crippen LogP) is 3.46. The molecule has 0 fully saturated rings. The number of aliphatic carboxylic acids is 1. The van der Waals surface area contributed by atoms with Gasteiger partial charge in [-0.15, -0.1) is 12.4 Å². The van der Waals surface area contributed by atoms with E-state index in [1.54, 1.807) is 0 Å². The molecule has 0 saturated carbocycles. The molecule has 1 heterocycles. The van der Waals surface area contributed by atoms with Gasteiger partial charge in [-0.25, -0.2) is 9.97 Å². The van der Waals surface area contributed by atoms with E-state index < -0.39 is 5.97 Å². The Hall–Kier alpha value is -2.66. The van der Waals surface area contributed by atoms with E-state index in [0.29, 0.717) is 11.6 Å². The molecule has 2 N–H and O–H groups in total. The lowest BCUT2D eigenvalue weighted by atomic mass is 10.2. The number of fused-ring (bicyclic) bond motifs is 1. The van der Waals surface area contributed by atoms with Crippen molar-refractivity contribution < 1.29 is 11.3 Å². The number of carboxylic acids is 1. The Morgan fingerprint density at radius 3 is 2.45 bits per heavy atom. The molecule has 0 saturated heterocycles. The number of carbonyl (C=O) groups is 1. The Balaban J connectivity index is 0.00000132. The zero-order valence-corrected chi connectivity index (χ0v) is 12.4. The molecule has 0 spiro atoms. The van der Waals surface area contributed by atoms with Crippen molar-refractivity contribution in [1.82, 2.24) is 9.97 Å². The van der Waals surface area contributed by atoms with E-state index in [9.17, 15) is 4.79 Å². The largest absolute Gasteiger partial charge is 0.480 e. The number of hydrogen-bond donors (Lipinski definition) is 2. The van der Waals surface area contributed by atoms with Gasteiger partial charge in [0.25, 0.3) is 0 Å². The minimum atomic E-state index is -0.932. The summed E-state index contributed by atoms with van der Waals surface area (Å²) in [6.45, 7) is -0.185. The van der Waals surface area contributed by atoms with E-state index in [1.165, 1.54) is 0 Å². The Labute approximate surface area is 134 Å². The van der Waals surface area contributed by atoms with Crippen molar-refractivity contribution in [3.8, 4) is 11.4 Å². The van der Waals surface area contributed by atoms with E-state index in [4.69, 9.17) is 5.11 Å². The SMILES string of the molecule is Cl.O=C(O)CNc1nc(-c2ccccc2)nc2ccccc12.[HH]. The monoisotopic (exact) mass is 317 g/mol. The van der Waals surface area contributed by atoms with Crippen LogP contribution < -0.4 is 5.32 Å². The van der Waals surface area contributed by atoms with Crippen molar-refractivity contribution in [2.45, 2.75) is 0 Å². The first-order chi connectivity index (χ1) is 10.2. The summed E-state index contributed by atoms with van der Waals surface area (Å²) in [7, 11) is 0. The number of halogens is 1. The number of hydrogen-bond acceptors (Lipinski definition) is 4. The number of nitrogens with zero attached hydrogens (tertiary/aromatic N) is 2. The summed E-state index contributed by atoms with van der Waals surface area (Å²) in [5.74, 6) is 0.169. The molecule has 0 aliphatic heterocycles. The summed E-state index contributed by atoms with van der Waals surface area (Å²) in [6, 6.07) is 17.1. The van der Waals surface area contributed by atoms with Gasteiger partial charge in [0.15, 0.2) is 5.82 Å². The highest BCUT2D eigenvalue weighted by Gasteiger charge is 2.09. The molecule has 6 heteroatoms. The second-order valence-electron chi connectivity index (χ2n) is 4.53. The summed E-state index contributed by atoms with van der Waals surface area (Å²) in [6.07, 6.45) is 0. The first-order valence-corrected chi connectivity index (χ1v) is 6.52. The minimum Gasteiger partial charge on any atom is -0.480 e. The molecule has 2 aromatic carbocycles. The van der Waals surface area contributed by atoms with Crippen molar-refractivity contribution in [2.75, 3.05) is 11.9 Å². The number of aromatic nitrogens is 2. The molecule has 0 aliphatic rings. The smallest absolute Gasteiger partial charge is 0.322 e. The van der Waals surface area contributed by atoms with Crippen LogP contribution in [0.1, 0.15) is 1.43 Å². The van der Waals surface area contributed by atoms with Gasteiger partial charge in [-0.1, -0.05) is 42.5 Å². The molecular weight excluding hydrogens is 302 g/mol. The molecule has 5 nitrogen and oxygen atoms in total. The van der Waals surface area contributed by atoms with Crippen molar-refractivity contribution in [2.24, 2.45) is 0 Å². The zero-order chi connectivity index (χ0) is 14.7. The molecule has 3 rings (SSSR count). The molecule has 0 radical (unpaired) electrons. The van der Waals surface area contributed by atoms with Gasteiger partial charge in [-0.05, 0) is 12.1 Å². The lowest BCUT2D eigenvalue weighted by Crippen LogP contribution is -2.14. The van der Waals surface area contributed by atoms with E-state index in [2.05, 4.69) is 15.3 Å². The Morgan fingerprint density at radius 1 is 1.05 bits per heavy atom. The fourth-order valence-electron chi connectivity index (χ4n) is 2.09. The van der Waals surface area contributed by atoms with Crippen molar-refractivity contribution in [3.05, 3.63) is 54.6 Å². The zero-order valence-electron chi connectivity index (χ0n) is 11.6. The number of benzene rings is 2. The molecule has 0 atom stereocenters.